The van der Waals surface area contributed by atoms with Crippen LogP contribution < -0.4 is 0 Å². The maximum atomic E-state index is 13.4. The van der Waals surface area contributed by atoms with Crippen molar-refractivity contribution >= 4 is 14.4 Å². The van der Waals surface area contributed by atoms with Gasteiger partial charge in [-0.2, -0.15) is 0 Å². The molecule has 6 heteroatoms. The van der Waals surface area contributed by atoms with Crippen LogP contribution in [0.2, 0.25) is 19.6 Å². The molecule has 0 N–H and O–H groups in total. The molecule has 0 aliphatic heterocycles. The summed E-state index contributed by atoms with van der Waals surface area (Å²) in [5, 5.41) is 0. The fourth-order valence-corrected chi connectivity index (χ4v) is 1.61. The number of aldehydes is 1. The molecule has 0 fully saturated rings. The van der Waals surface area contributed by atoms with Gasteiger partial charge in [-0.05, 0) is 0 Å². The van der Waals surface area contributed by atoms with Gasteiger partial charge in [-0.25, -0.2) is 17.6 Å². The molecule has 0 radical (unpaired) electrons. The third-order valence-electron chi connectivity index (χ3n) is 1.98. The van der Waals surface area contributed by atoms with Gasteiger partial charge in [0.25, 0.3) is 0 Å². The molecule has 0 aromatic heterocycles. The van der Waals surface area contributed by atoms with Crippen molar-refractivity contribution in [2.45, 2.75) is 19.6 Å². The largest absolute Gasteiger partial charge is 0.298 e. The summed E-state index contributed by atoms with van der Waals surface area (Å²) in [7, 11) is -1.95. The van der Waals surface area contributed by atoms with Gasteiger partial charge < -0.3 is 0 Å². The average molecular weight is 274 g/mol. The maximum Gasteiger partial charge on any atom is 0.178 e. The molecule has 0 atom stereocenters. The third-order valence-corrected chi connectivity index (χ3v) is 2.85. The molecule has 1 nitrogen and oxygen atoms in total. The molecule has 96 valence electrons. The second kappa shape index (κ2) is 4.94. The summed E-state index contributed by atoms with van der Waals surface area (Å²) < 4.78 is 53.4. The zero-order valence-corrected chi connectivity index (χ0v) is 11.0. The van der Waals surface area contributed by atoms with Crippen molar-refractivity contribution in [1.29, 1.82) is 0 Å². The monoisotopic (exact) mass is 274 g/mol. The highest BCUT2D eigenvalue weighted by molar-refractivity contribution is 6.83. The van der Waals surface area contributed by atoms with Crippen LogP contribution in [0.1, 0.15) is 15.9 Å². The lowest BCUT2D eigenvalue weighted by Gasteiger charge is -2.06. The van der Waals surface area contributed by atoms with Gasteiger partial charge in [0.2, 0.25) is 0 Å². The smallest absolute Gasteiger partial charge is 0.178 e. The molecule has 0 aliphatic rings. The topological polar surface area (TPSA) is 17.1 Å². The van der Waals surface area contributed by atoms with Gasteiger partial charge in [0.1, 0.15) is 13.6 Å². The zero-order chi connectivity index (χ0) is 14.1. The van der Waals surface area contributed by atoms with Gasteiger partial charge in [0.15, 0.2) is 29.6 Å². The van der Waals surface area contributed by atoms with Crippen LogP contribution >= 0.6 is 0 Å². The van der Waals surface area contributed by atoms with E-state index in [4.69, 9.17) is 0 Å². The summed E-state index contributed by atoms with van der Waals surface area (Å²) in [6, 6.07) is 0. The molecule has 1 rings (SSSR count). The van der Waals surface area contributed by atoms with Crippen LogP contribution in [0.5, 0.6) is 0 Å². The lowest BCUT2D eigenvalue weighted by atomic mass is 10.1. The Morgan fingerprint density at radius 1 is 0.944 bits per heavy atom. The Morgan fingerprint density at radius 3 is 1.72 bits per heavy atom. The van der Waals surface area contributed by atoms with Crippen molar-refractivity contribution in [2.24, 2.45) is 0 Å². The fourth-order valence-electron chi connectivity index (χ4n) is 1.11. The Bertz CT molecular complexity index is 535. The summed E-state index contributed by atoms with van der Waals surface area (Å²) in [6.07, 6.45) is -0.271. The van der Waals surface area contributed by atoms with E-state index < -0.39 is 42.5 Å². The van der Waals surface area contributed by atoms with Crippen molar-refractivity contribution in [3.63, 3.8) is 0 Å². The second-order valence-corrected chi connectivity index (χ2v) is 9.41. The lowest BCUT2D eigenvalue weighted by Crippen LogP contribution is -2.16. The summed E-state index contributed by atoms with van der Waals surface area (Å²) in [4.78, 5) is 10.3. The minimum Gasteiger partial charge on any atom is -0.298 e. The van der Waals surface area contributed by atoms with Crippen molar-refractivity contribution in [1.82, 2.24) is 0 Å². The fraction of sp³-hybridized carbons (Fsp3) is 0.250. The molecule has 0 aliphatic carbocycles. The maximum absolute atomic E-state index is 13.4. The summed E-state index contributed by atoms with van der Waals surface area (Å²) in [5.74, 6) is -4.59. The Balaban J connectivity index is 3.56. The number of hydrogen-bond acceptors (Lipinski definition) is 1. The van der Waals surface area contributed by atoms with Gasteiger partial charge in [0, 0.05) is 0 Å². The number of carbonyl (C=O) groups excluding carboxylic acids is 1. The molecule has 0 amide bonds. The highest BCUT2D eigenvalue weighted by Crippen LogP contribution is 2.22. The van der Waals surface area contributed by atoms with Gasteiger partial charge in [-0.3, -0.25) is 4.79 Å². The van der Waals surface area contributed by atoms with E-state index in [2.05, 4.69) is 11.5 Å². The Labute approximate surface area is 103 Å². The lowest BCUT2D eigenvalue weighted by molar-refractivity contribution is 0.111. The van der Waals surface area contributed by atoms with Crippen molar-refractivity contribution in [2.75, 3.05) is 0 Å². The van der Waals surface area contributed by atoms with Crippen molar-refractivity contribution in [3.05, 3.63) is 34.4 Å². The quantitative estimate of drug-likeness (QED) is 0.252. The number of benzene rings is 1. The van der Waals surface area contributed by atoms with Gasteiger partial charge in [-0.1, -0.05) is 25.6 Å². The predicted molar refractivity (Wildman–Crippen MR) is 61.9 cm³/mol. The predicted octanol–water partition coefficient (Wildman–Crippen LogP) is 3.28. The van der Waals surface area contributed by atoms with Gasteiger partial charge >= 0.3 is 0 Å². The molecule has 18 heavy (non-hydrogen) atoms. The van der Waals surface area contributed by atoms with Gasteiger partial charge in [0.05, 0.1) is 5.56 Å². The van der Waals surface area contributed by atoms with Crippen molar-refractivity contribution in [3.8, 4) is 11.5 Å². The van der Waals surface area contributed by atoms with E-state index in [0.29, 0.717) is 0 Å². The molecule has 0 saturated heterocycles. The first kappa shape index (κ1) is 14.4. The first-order valence-electron chi connectivity index (χ1n) is 5.03. The summed E-state index contributed by atoms with van der Waals surface area (Å²) in [6.45, 7) is 5.42. The first-order chi connectivity index (χ1) is 8.19. The molecular weight excluding hydrogens is 264 g/mol. The molecule has 0 saturated carbocycles. The first-order valence-corrected chi connectivity index (χ1v) is 8.53. The second-order valence-electron chi connectivity index (χ2n) is 4.66. The van der Waals surface area contributed by atoms with E-state index in [1.165, 1.54) is 0 Å². The minimum atomic E-state index is -1.95. The average Bonchev–Trinajstić information content (AvgIpc) is 2.26. The molecular formula is C12H10F4OSi. The highest BCUT2D eigenvalue weighted by Gasteiger charge is 2.24. The molecule has 1 aromatic carbocycles. The van der Waals surface area contributed by atoms with E-state index in [9.17, 15) is 22.4 Å². The van der Waals surface area contributed by atoms with E-state index in [-0.39, 0.29) is 6.29 Å². The number of rotatable bonds is 1. The molecule has 0 bridgehead atoms. The standard InChI is InChI=1S/C12H10F4OSi/c1-18(2,3)5-4-7-9(13)11(15)8(6-17)12(16)10(7)14/h6H,1-3H3. The summed E-state index contributed by atoms with van der Waals surface area (Å²) in [5.41, 5.74) is 0.364. The minimum absolute atomic E-state index is 0.271. The van der Waals surface area contributed by atoms with Crippen LogP contribution in [0.25, 0.3) is 0 Å². The molecule has 1 aromatic rings. The van der Waals surface area contributed by atoms with Crippen LogP contribution in [0.4, 0.5) is 17.6 Å². The molecule has 0 heterocycles. The Kier molecular flexibility index (Phi) is 3.97. The number of halogens is 4. The van der Waals surface area contributed by atoms with Crippen LogP contribution in [0.15, 0.2) is 0 Å². The molecule has 0 spiro atoms. The molecule has 0 unspecified atom stereocenters. The van der Waals surface area contributed by atoms with Crippen LogP contribution in [0, 0.1) is 34.7 Å². The van der Waals surface area contributed by atoms with E-state index in [1.54, 1.807) is 0 Å². The van der Waals surface area contributed by atoms with Crippen molar-refractivity contribution < 1.29 is 22.4 Å². The number of carbonyl (C=O) groups is 1. The van der Waals surface area contributed by atoms with Gasteiger partial charge in [-0.15, -0.1) is 5.54 Å². The van der Waals surface area contributed by atoms with E-state index >= 15 is 0 Å². The normalized spacial score (nSPS) is 10.8. The van der Waals surface area contributed by atoms with Crippen LogP contribution in [-0.2, 0) is 0 Å². The van der Waals surface area contributed by atoms with Crippen LogP contribution in [-0.4, -0.2) is 14.4 Å². The SMILES string of the molecule is C[Si](C)(C)C#Cc1c(F)c(F)c(C=O)c(F)c1F. The number of hydrogen-bond donors (Lipinski definition) is 0. The summed E-state index contributed by atoms with van der Waals surface area (Å²) >= 11 is 0. The zero-order valence-electron chi connectivity index (χ0n) is 10.00. The third kappa shape index (κ3) is 2.79. The highest BCUT2D eigenvalue weighted by atomic mass is 28.3. The van der Waals surface area contributed by atoms with Crippen LogP contribution in [0.3, 0.4) is 0 Å². The van der Waals surface area contributed by atoms with E-state index in [1.807, 2.05) is 19.6 Å². The Hall–Kier alpha value is -1.61. The van der Waals surface area contributed by atoms with E-state index in [0.717, 1.165) is 0 Å². The Morgan fingerprint density at radius 2 is 1.39 bits per heavy atom.